The summed E-state index contributed by atoms with van der Waals surface area (Å²) in [6.45, 7) is 5.34. The van der Waals surface area contributed by atoms with Gasteiger partial charge in [0, 0.05) is 12.3 Å². The molecule has 0 aliphatic heterocycles. The minimum Gasteiger partial charge on any atom is -0.468 e. The van der Waals surface area contributed by atoms with E-state index in [0.717, 1.165) is 12.3 Å². The summed E-state index contributed by atoms with van der Waals surface area (Å²) in [5, 5.41) is 3.41. The van der Waals surface area contributed by atoms with Crippen LogP contribution < -0.4 is 5.32 Å². The van der Waals surface area contributed by atoms with Crippen molar-refractivity contribution in [1.29, 1.82) is 0 Å². The van der Waals surface area contributed by atoms with E-state index in [1.165, 1.54) is 11.5 Å². The quantitative estimate of drug-likeness (QED) is 0.713. The van der Waals surface area contributed by atoms with Gasteiger partial charge in [-0.1, -0.05) is 6.92 Å². The van der Waals surface area contributed by atoms with Crippen LogP contribution in [0.5, 0.6) is 0 Å². The van der Waals surface area contributed by atoms with Crippen molar-refractivity contribution >= 4 is 11.8 Å². The molecule has 0 bridgehead atoms. The van der Waals surface area contributed by atoms with Gasteiger partial charge in [-0.3, -0.25) is 0 Å². The van der Waals surface area contributed by atoms with Gasteiger partial charge in [0.2, 0.25) is 0 Å². The molecule has 1 atom stereocenters. The van der Waals surface area contributed by atoms with Gasteiger partial charge >= 0.3 is 0 Å². The van der Waals surface area contributed by atoms with Crippen LogP contribution in [0.1, 0.15) is 25.6 Å². The van der Waals surface area contributed by atoms with E-state index in [1.54, 1.807) is 6.26 Å². The van der Waals surface area contributed by atoms with Crippen molar-refractivity contribution in [2.24, 2.45) is 0 Å². The largest absolute Gasteiger partial charge is 0.468 e. The number of thioether (sulfide) groups is 1. The minimum absolute atomic E-state index is 0.326. The lowest BCUT2D eigenvalue weighted by atomic mass is 10.2. The third kappa shape index (κ3) is 3.87. The third-order valence-corrected chi connectivity index (χ3v) is 2.77. The average Bonchev–Trinajstić information content (AvgIpc) is 2.65. The van der Waals surface area contributed by atoms with Crippen molar-refractivity contribution < 1.29 is 4.42 Å². The Labute approximate surface area is 84.1 Å². The second kappa shape index (κ2) is 6.11. The summed E-state index contributed by atoms with van der Waals surface area (Å²) in [6, 6.07) is 4.26. The molecule has 3 heteroatoms. The maximum absolute atomic E-state index is 5.28. The summed E-state index contributed by atoms with van der Waals surface area (Å²) in [7, 11) is 0. The highest BCUT2D eigenvalue weighted by molar-refractivity contribution is 7.99. The molecule has 0 saturated heterocycles. The number of rotatable bonds is 6. The van der Waals surface area contributed by atoms with E-state index in [0.29, 0.717) is 6.04 Å². The molecule has 1 rings (SSSR count). The number of hydrogen-bond donors (Lipinski definition) is 1. The maximum Gasteiger partial charge on any atom is 0.120 e. The Balaban J connectivity index is 2.15. The van der Waals surface area contributed by atoms with Gasteiger partial charge in [-0.2, -0.15) is 11.8 Å². The lowest BCUT2D eigenvalue weighted by Crippen LogP contribution is -2.20. The molecule has 0 aromatic carbocycles. The molecule has 0 saturated carbocycles. The summed E-state index contributed by atoms with van der Waals surface area (Å²) in [4.78, 5) is 0. The maximum atomic E-state index is 5.28. The molecule has 1 heterocycles. The third-order valence-electron chi connectivity index (χ3n) is 1.87. The fourth-order valence-electron chi connectivity index (χ4n) is 1.13. The highest BCUT2D eigenvalue weighted by Gasteiger charge is 2.05. The molecule has 0 radical (unpaired) electrons. The molecule has 1 aromatic heterocycles. The van der Waals surface area contributed by atoms with Crippen molar-refractivity contribution in [3.05, 3.63) is 24.2 Å². The van der Waals surface area contributed by atoms with Crippen LogP contribution in [0.25, 0.3) is 0 Å². The van der Waals surface area contributed by atoms with Crippen molar-refractivity contribution in [3.8, 4) is 0 Å². The van der Waals surface area contributed by atoms with Crippen LogP contribution in [0.3, 0.4) is 0 Å². The highest BCUT2D eigenvalue weighted by atomic mass is 32.2. The second-order valence-electron chi connectivity index (χ2n) is 2.89. The van der Waals surface area contributed by atoms with Crippen LogP contribution in [0.4, 0.5) is 0 Å². The van der Waals surface area contributed by atoms with Crippen LogP contribution in [0.15, 0.2) is 22.8 Å². The van der Waals surface area contributed by atoms with Crippen LogP contribution in [-0.4, -0.2) is 18.1 Å². The fraction of sp³-hybridized carbons (Fsp3) is 0.600. The number of hydrogen-bond acceptors (Lipinski definition) is 3. The molecule has 2 nitrogen and oxygen atoms in total. The summed E-state index contributed by atoms with van der Waals surface area (Å²) in [5.41, 5.74) is 0. The van der Waals surface area contributed by atoms with E-state index in [9.17, 15) is 0 Å². The van der Waals surface area contributed by atoms with Gasteiger partial charge in [-0.05, 0) is 24.8 Å². The van der Waals surface area contributed by atoms with Gasteiger partial charge in [0.05, 0.1) is 12.3 Å². The highest BCUT2D eigenvalue weighted by Crippen LogP contribution is 2.11. The SMILES string of the molecule is CCSCCN[C@@H](C)c1ccco1. The van der Waals surface area contributed by atoms with Crippen molar-refractivity contribution in [3.63, 3.8) is 0 Å². The molecule has 0 aliphatic rings. The van der Waals surface area contributed by atoms with Crippen LogP contribution >= 0.6 is 11.8 Å². The average molecular weight is 199 g/mol. The first-order valence-electron chi connectivity index (χ1n) is 4.69. The molecule has 13 heavy (non-hydrogen) atoms. The van der Waals surface area contributed by atoms with Gasteiger partial charge in [0.1, 0.15) is 5.76 Å². The zero-order chi connectivity index (χ0) is 9.52. The van der Waals surface area contributed by atoms with E-state index in [1.807, 2.05) is 23.9 Å². The molecule has 0 spiro atoms. The Morgan fingerprint density at radius 3 is 3.08 bits per heavy atom. The first-order chi connectivity index (χ1) is 6.34. The van der Waals surface area contributed by atoms with E-state index in [-0.39, 0.29) is 0 Å². The molecule has 0 amide bonds. The first-order valence-corrected chi connectivity index (χ1v) is 5.84. The lowest BCUT2D eigenvalue weighted by Gasteiger charge is -2.10. The summed E-state index contributed by atoms with van der Waals surface area (Å²) in [5.74, 6) is 3.37. The molecule has 1 aromatic rings. The smallest absolute Gasteiger partial charge is 0.120 e. The molecule has 1 N–H and O–H groups in total. The first kappa shape index (κ1) is 10.7. The van der Waals surface area contributed by atoms with E-state index >= 15 is 0 Å². The Kier molecular flexibility index (Phi) is 5.01. The van der Waals surface area contributed by atoms with Gasteiger partial charge in [-0.25, -0.2) is 0 Å². The normalized spacial score (nSPS) is 13.1. The topological polar surface area (TPSA) is 25.2 Å². The van der Waals surface area contributed by atoms with Crippen molar-refractivity contribution in [2.75, 3.05) is 18.1 Å². The number of nitrogens with one attached hydrogen (secondary N) is 1. The molecular formula is C10H17NOS. The Morgan fingerprint density at radius 2 is 2.46 bits per heavy atom. The van der Waals surface area contributed by atoms with Gasteiger partial charge in [-0.15, -0.1) is 0 Å². The molecule has 0 aliphatic carbocycles. The molecule has 0 unspecified atom stereocenters. The minimum atomic E-state index is 0.326. The van der Waals surface area contributed by atoms with Crippen molar-refractivity contribution in [2.45, 2.75) is 19.9 Å². The molecule has 74 valence electrons. The van der Waals surface area contributed by atoms with Crippen LogP contribution in [-0.2, 0) is 0 Å². The predicted molar refractivity (Wildman–Crippen MR) is 58.1 cm³/mol. The Hall–Kier alpha value is -0.410. The van der Waals surface area contributed by atoms with Gasteiger partial charge < -0.3 is 9.73 Å². The molecular weight excluding hydrogens is 182 g/mol. The Morgan fingerprint density at radius 1 is 1.62 bits per heavy atom. The summed E-state index contributed by atoms with van der Waals surface area (Å²) >= 11 is 1.95. The van der Waals surface area contributed by atoms with E-state index in [4.69, 9.17) is 4.42 Å². The van der Waals surface area contributed by atoms with E-state index < -0.39 is 0 Å². The Bertz CT molecular complexity index is 211. The van der Waals surface area contributed by atoms with Gasteiger partial charge in [0.25, 0.3) is 0 Å². The monoisotopic (exact) mass is 199 g/mol. The second-order valence-corrected chi connectivity index (χ2v) is 4.28. The van der Waals surface area contributed by atoms with E-state index in [2.05, 4.69) is 19.2 Å². The number of furan rings is 1. The zero-order valence-electron chi connectivity index (χ0n) is 8.25. The van der Waals surface area contributed by atoms with Crippen LogP contribution in [0.2, 0.25) is 0 Å². The summed E-state index contributed by atoms with van der Waals surface area (Å²) < 4.78 is 5.28. The standard InChI is InChI=1S/C10H17NOS/c1-3-13-8-6-11-9(2)10-5-4-7-12-10/h4-5,7,9,11H,3,6,8H2,1-2H3/t9-/m0/s1. The van der Waals surface area contributed by atoms with Crippen LogP contribution in [0, 0.1) is 0 Å². The fourth-order valence-corrected chi connectivity index (χ4v) is 1.68. The molecule has 0 fully saturated rings. The van der Waals surface area contributed by atoms with Gasteiger partial charge in [0.15, 0.2) is 0 Å². The predicted octanol–water partition coefficient (Wildman–Crippen LogP) is 2.68. The lowest BCUT2D eigenvalue weighted by molar-refractivity contribution is 0.438. The summed E-state index contributed by atoms with van der Waals surface area (Å²) in [6.07, 6.45) is 1.72. The zero-order valence-corrected chi connectivity index (χ0v) is 9.06. The van der Waals surface area contributed by atoms with Crippen molar-refractivity contribution in [1.82, 2.24) is 5.32 Å².